The van der Waals surface area contributed by atoms with Gasteiger partial charge in [0, 0.05) is 25.2 Å². The number of amidine groups is 1. The molecule has 1 aromatic heterocycles. The second-order valence-electron chi connectivity index (χ2n) is 3.94. The normalized spacial score (nSPS) is 14.1. The van der Waals surface area contributed by atoms with Gasteiger partial charge in [-0.2, -0.15) is 0 Å². The van der Waals surface area contributed by atoms with Gasteiger partial charge in [0.2, 0.25) is 0 Å². The molecule has 3 N–H and O–H groups in total. The van der Waals surface area contributed by atoms with Crippen molar-refractivity contribution < 1.29 is 5.21 Å². The van der Waals surface area contributed by atoms with Crippen LogP contribution < -0.4 is 5.73 Å². The molecule has 1 heterocycles. The molecule has 0 aliphatic rings. The highest BCUT2D eigenvalue weighted by Crippen LogP contribution is 2.03. The second-order valence-corrected chi connectivity index (χ2v) is 3.94. The first kappa shape index (κ1) is 12.4. The van der Waals surface area contributed by atoms with Crippen LogP contribution in [0.2, 0.25) is 0 Å². The van der Waals surface area contributed by atoms with Gasteiger partial charge in [-0.3, -0.25) is 9.88 Å². The Hall–Kier alpha value is -1.62. The Morgan fingerprint density at radius 1 is 1.62 bits per heavy atom. The molecule has 88 valence electrons. The van der Waals surface area contributed by atoms with Gasteiger partial charge in [-0.05, 0) is 19.2 Å². The number of pyridine rings is 1. The lowest BCUT2D eigenvalue weighted by Gasteiger charge is -2.19. The van der Waals surface area contributed by atoms with E-state index in [4.69, 9.17) is 10.9 Å². The van der Waals surface area contributed by atoms with Crippen molar-refractivity contribution in [3.8, 4) is 0 Å². The Labute approximate surface area is 95.6 Å². The van der Waals surface area contributed by atoms with E-state index in [0.29, 0.717) is 0 Å². The standard InChI is InChI=1S/C11H18N4O/c1-9(11(12)14-16)7-15(2)8-10-5-3-4-6-13-10/h3-6,9,16H,7-8H2,1-2H3,(H2,12,14). The minimum atomic E-state index is 0.0266. The quantitative estimate of drug-likeness (QED) is 0.336. The summed E-state index contributed by atoms with van der Waals surface area (Å²) in [5.74, 6) is 0.284. The third-order valence-corrected chi connectivity index (χ3v) is 2.36. The maximum Gasteiger partial charge on any atom is 0.143 e. The zero-order valence-electron chi connectivity index (χ0n) is 9.67. The summed E-state index contributed by atoms with van der Waals surface area (Å²) in [6, 6.07) is 5.83. The number of hydrogen-bond acceptors (Lipinski definition) is 4. The SMILES string of the molecule is CC(CN(C)Cc1ccccn1)/C(N)=N/O. The van der Waals surface area contributed by atoms with E-state index in [1.807, 2.05) is 32.2 Å². The maximum absolute atomic E-state index is 8.54. The first-order valence-corrected chi connectivity index (χ1v) is 5.19. The van der Waals surface area contributed by atoms with Gasteiger partial charge in [-0.25, -0.2) is 0 Å². The van der Waals surface area contributed by atoms with Crippen molar-refractivity contribution >= 4 is 5.84 Å². The van der Waals surface area contributed by atoms with Gasteiger partial charge in [-0.15, -0.1) is 0 Å². The van der Waals surface area contributed by atoms with Crippen molar-refractivity contribution in [1.82, 2.24) is 9.88 Å². The zero-order valence-corrected chi connectivity index (χ0v) is 9.67. The molecule has 0 aromatic carbocycles. The molecule has 1 aromatic rings. The van der Waals surface area contributed by atoms with E-state index in [2.05, 4.69) is 15.0 Å². The Bertz CT molecular complexity index is 339. The summed E-state index contributed by atoms with van der Waals surface area (Å²) in [6.45, 7) is 3.40. The molecule has 1 rings (SSSR count). The molecule has 5 nitrogen and oxygen atoms in total. The van der Waals surface area contributed by atoms with E-state index in [1.165, 1.54) is 0 Å². The van der Waals surface area contributed by atoms with Gasteiger partial charge < -0.3 is 10.9 Å². The minimum Gasteiger partial charge on any atom is -0.409 e. The van der Waals surface area contributed by atoms with Crippen molar-refractivity contribution in [3.63, 3.8) is 0 Å². The number of oxime groups is 1. The highest BCUT2D eigenvalue weighted by atomic mass is 16.4. The van der Waals surface area contributed by atoms with Gasteiger partial charge in [0.15, 0.2) is 0 Å². The molecule has 16 heavy (non-hydrogen) atoms. The highest BCUT2D eigenvalue weighted by Gasteiger charge is 2.11. The number of aromatic nitrogens is 1. The van der Waals surface area contributed by atoms with Crippen molar-refractivity contribution in [3.05, 3.63) is 30.1 Å². The van der Waals surface area contributed by atoms with Crippen molar-refractivity contribution in [2.45, 2.75) is 13.5 Å². The highest BCUT2D eigenvalue weighted by molar-refractivity contribution is 5.82. The molecule has 0 radical (unpaired) electrons. The van der Waals surface area contributed by atoms with Gasteiger partial charge in [0.1, 0.15) is 5.84 Å². The van der Waals surface area contributed by atoms with Crippen LogP contribution in [0.15, 0.2) is 29.6 Å². The molecule has 0 aliphatic heterocycles. The zero-order chi connectivity index (χ0) is 12.0. The van der Waals surface area contributed by atoms with Crippen LogP contribution in [0.3, 0.4) is 0 Å². The van der Waals surface area contributed by atoms with Crippen molar-refractivity contribution in [2.75, 3.05) is 13.6 Å². The second kappa shape index (κ2) is 6.07. The summed E-state index contributed by atoms with van der Waals surface area (Å²) in [5, 5.41) is 11.5. The van der Waals surface area contributed by atoms with E-state index in [0.717, 1.165) is 18.8 Å². The van der Waals surface area contributed by atoms with Crippen LogP contribution in [0.4, 0.5) is 0 Å². The Morgan fingerprint density at radius 2 is 2.38 bits per heavy atom. The fourth-order valence-electron chi connectivity index (χ4n) is 1.49. The molecule has 0 amide bonds. The predicted molar refractivity (Wildman–Crippen MR) is 63.1 cm³/mol. The largest absolute Gasteiger partial charge is 0.409 e. The Balaban J connectivity index is 2.45. The van der Waals surface area contributed by atoms with E-state index in [9.17, 15) is 0 Å². The molecule has 0 fully saturated rings. The van der Waals surface area contributed by atoms with E-state index >= 15 is 0 Å². The minimum absolute atomic E-state index is 0.0266. The average Bonchev–Trinajstić information content (AvgIpc) is 2.29. The monoisotopic (exact) mass is 222 g/mol. The van der Waals surface area contributed by atoms with Crippen LogP contribution in [0.25, 0.3) is 0 Å². The number of hydrogen-bond donors (Lipinski definition) is 2. The molecule has 0 spiro atoms. The predicted octanol–water partition coefficient (Wildman–Crippen LogP) is 0.896. The molecular formula is C11H18N4O. The molecule has 0 aliphatic carbocycles. The topological polar surface area (TPSA) is 74.7 Å². The first-order valence-electron chi connectivity index (χ1n) is 5.19. The summed E-state index contributed by atoms with van der Waals surface area (Å²) in [5.41, 5.74) is 6.53. The number of nitrogens with zero attached hydrogens (tertiary/aromatic N) is 3. The smallest absolute Gasteiger partial charge is 0.143 e. The van der Waals surface area contributed by atoms with Gasteiger partial charge >= 0.3 is 0 Å². The molecule has 1 atom stereocenters. The molecule has 0 saturated heterocycles. The fourth-order valence-corrected chi connectivity index (χ4v) is 1.49. The number of rotatable bonds is 5. The number of nitrogens with two attached hydrogens (primary N) is 1. The molecular weight excluding hydrogens is 204 g/mol. The fraction of sp³-hybridized carbons (Fsp3) is 0.455. The van der Waals surface area contributed by atoms with E-state index < -0.39 is 0 Å². The van der Waals surface area contributed by atoms with E-state index in [1.54, 1.807) is 6.20 Å². The summed E-state index contributed by atoms with van der Waals surface area (Å²) < 4.78 is 0. The first-order chi connectivity index (χ1) is 7.63. The summed E-state index contributed by atoms with van der Waals surface area (Å²) in [7, 11) is 1.98. The van der Waals surface area contributed by atoms with Gasteiger partial charge in [0.25, 0.3) is 0 Å². The lowest BCUT2D eigenvalue weighted by atomic mass is 10.1. The molecule has 0 saturated carbocycles. The molecule has 5 heteroatoms. The summed E-state index contributed by atoms with van der Waals surface area (Å²) in [4.78, 5) is 6.33. The lowest BCUT2D eigenvalue weighted by Crippen LogP contribution is -2.32. The molecule has 0 bridgehead atoms. The maximum atomic E-state index is 8.54. The Kier molecular flexibility index (Phi) is 4.72. The third-order valence-electron chi connectivity index (χ3n) is 2.36. The van der Waals surface area contributed by atoms with Crippen LogP contribution in [0.5, 0.6) is 0 Å². The van der Waals surface area contributed by atoms with E-state index in [-0.39, 0.29) is 11.8 Å². The van der Waals surface area contributed by atoms with Crippen molar-refractivity contribution in [2.24, 2.45) is 16.8 Å². The van der Waals surface area contributed by atoms with Crippen LogP contribution >= 0.6 is 0 Å². The third kappa shape index (κ3) is 3.86. The van der Waals surface area contributed by atoms with Crippen LogP contribution in [-0.2, 0) is 6.54 Å². The van der Waals surface area contributed by atoms with Crippen molar-refractivity contribution in [1.29, 1.82) is 0 Å². The van der Waals surface area contributed by atoms with Crippen LogP contribution in [0.1, 0.15) is 12.6 Å². The average molecular weight is 222 g/mol. The van der Waals surface area contributed by atoms with Gasteiger partial charge in [0.05, 0.1) is 5.69 Å². The van der Waals surface area contributed by atoms with Crippen LogP contribution in [-0.4, -0.2) is 34.5 Å². The Morgan fingerprint density at radius 3 is 2.94 bits per heavy atom. The molecule has 1 unspecified atom stereocenters. The lowest BCUT2D eigenvalue weighted by molar-refractivity contribution is 0.288. The summed E-state index contributed by atoms with van der Waals surface area (Å²) >= 11 is 0. The van der Waals surface area contributed by atoms with Gasteiger partial charge in [-0.1, -0.05) is 18.1 Å². The van der Waals surface area contributed by atoms with Crippen LogP contribution in [0, 0.1) is 5.92 Å². The summed E-state index contributed by atoms with van der Waals surface area (Å²) in [6.07, 6.45) is 1.77.